The first kappa shape index (κ1) is 9.63. The largest absolute Gasteiger partial charge is 0.506 e. The zero-order chi connectivity index (χ0) is 9.84. The highest BCUT2D eigenvalue weighted by molar-refractivity contribution is 6.32. The highest BCUT2D eigenvalue weighted by atomic mass is 35.5. The number of hydrogen-bond acceptors (Lipinski definition) is 4. The lowest BCUT2D eigenvalue weighted by molar-refractivity contribution is 0.475. The minimum atomic E-state index is -0.00110. The number of phenolic OH excluding ortho intramolecular Hbond substituents is 1. The quantitative estimate of drug-likeness (QED) is 0.224. The lowest BCUT2D eigenvalue weighted by Crippen LogP contribution is -2.31. The van der Waals surface area contributed by atoms with E-state index >= 15 is 0 Å². The number of hydrazone groups is 1. The maximum absolute atomic E-state index is 9.12. The number of aromatic hydroxyl groups is 1. The Hall–Kier alpha value is -1.46. The summed E-state index contributed by atoms with van der Waals surface area (Å²) in [6, 6.07) is 4.52. The SMILES string of the molecule is N/N=C(\NN)c1ccc(O)c(Cl)c1. The molecular weight excluding hydrogens is 192 g/mol. The molecule has 0 radical (unpaired) electrons. The van der Waals surface area contributed by atoms with E-state index < -0.39 is 0 Å². The van der Waals surface area contributed by atoms with Gasteiger partial charge in [-0.25, -0.2) is 5.84 Å². The predicted molar refractivity (Wildman–Crippen MR) is 51.2 cm³/mol. The van der Waals surface area contributed by atoms with Gasteiger partial charge in [0, 0.05) is 5.56 Å². The van der Waals surface area contributed by atoms with Crippen LogP contribution in [-0.2, 0) is 0 Å². The fraction of sp³-hybridized carbons (Fsp3) is 0. The molecule has 0 unspecified atom stereocenters. The van der Waals surface area contributed by atoms with E-state index in [4.69, 9.17) is 28.4 Å². The summed E-state index contributed by atoms with van der Waals surface area (Å²) in [5.41, 5.74) is 2.90. The highest BCUT2D eigenvalue weighted by Crippen LogP contribution is 2.23. The second-order valence-corrected chi connectivity index (χ2v) is 2.70. The Morgan fingerprint density at radius 1 is 1.54 bits per heavy atom. The van der Waals surface area contributed by atoms with Crippen LogP contribution >= 0.6 is 11.6 Å². The molecule has 0 saturated carbocycles. The van der Waals surface area contributed by atoms with E-state index in [2.05, 4.69) is 10.5 Å². The molecule has 0 aromatic heterocycles. The standard InChI is InChI=1S/C7H9ClN4O/c8-5-3-4(1-2-6(5)13)7(11-9)12-10/h1-3,13H,9-10H2,(H,11,12). The van der Waals surface area contributed by atoms with Gasteiger partial charge in [0.1, 0.15) is 5.75 Å². The molecule has 13 heavy (non-hydrogen) atoms. The van der Waals surface area contributed by atoms with E-state index in [9.17, 15) is 0 Å². The van der Waals surface area contributed by atoms with Crippen molar-refractivity contribution in [3.05, 3.63) is 28.8 Å². The van der Waals surface area contributed by atoms with Crippen molar-refractivity contribution in [2.24, 2.45) is 16.8 Å². The van der Waals surface area contributed by atoms with E-state index in [1.165, 1.54) is 12.1 Å². The van der Waals surface area contributed by atoms with Gasteiger partial charge in [0.15, 0.2) is 5.84 Å². The third kappa shape index (κ3) is 2.01. The Labute approximate surface area is 80.0 Å². The molecule has 70 valence electrons. The summed E-state index contributed by atoms with van der Waals surface area (Å²) in [5, 5.41) is 12.7. The summed E-state index contributed by atoms with van der Waals surface area (Å²) >= 11 is 5.66. The van der Waals surface area contributed by atoms with Crippen LogP contribution in [0.4, 0.5) is 0 Å². The average Bonchev–Trinajstić information content (AvgIpc) is 2.13. The van der Waals surface area contributed by atoms with Crippen molar-refractivity contribution in [3.63, 3.8) is 0 Å². The molecule has 0 atom stereocenters. The Balaban J connectivity index is 3.10. The van der Waals surface area contributed by atoms with Crippen LogP contribution in [0.2, 0.25) is 5.02 Å². The summed E-state index contributed by atoms with van der Waals surface area (Å²) in [4.78, 5) is 0. The van der Waals surface area contributed by atoms with Crippen LogP contribution in [-0.4, -0.2) is 10.9 Å². The molecule has 0 aliphatic heterocycles. The number of hydrogen-bond donors (Lipinski definition) is 4. The number of rotatable bonds is 1. The van der Waals surface area contributed by atoms with Crippen molar-refractivity contribution in [3.8, 4) is 5.75 Å². The van der Waals surface area contributed by atoms with Crippen LogP contribution in [0.5, 0.6) is 5.75 Å². The number of benzene rings is 1. The van der Waals surface area contributed by atoms with Crippen LogP contribution in [0, 0.1) is 0 Å². The summed E-state index contributed by atoms with van der Waals surface area (Å²) in [6.07, 6.45) is 0. The zero-order valence-electron chi connectivity index (χ0n) is 6.66. The molecule has 0 amide bonds. The molecule has 0 saturated heterocycles. The molecule has 1 aromatic carbocycles. The van der Waals surface area contributed by atoms with E-state index in [-0.39, 0.29) is 10.8 Å². The van der Waals surface area contributed by atoms with Crippen LogP contribution < -0.4 is 17.1 Å². The van der Waals surface area contributed by atoms with Gasteiger partial charge in [0.25, 0.3) is 0 Å². The normalized spacial score (nSPS) is 11.4. The van der Waals surface area contributed by atoms with E-state index in [0.29, 0.717) is 11.4 Å². The Kier molecular flexibility index (Phi) is 2.94. The van der Waals surface area contributed by atoms with Gasteiger partial charge in [-0.05, 0) is 18.2 Å². The molecule has 0 spiro atoms. The maximum Gasteiger partial charge on any atom is 0.166 e. The Morgan fingerprint density at radius 3 is 2.69 bits per heavy atom. The Bertz CT molecular complexity index is 339. The van der Waals surface area contributed by atoms with E-state index in [1.54, 1.807) is 6.07 Å². The smallest absolute Gasteiger partial charge is 0.166 e. The van der Waals surface area contributed by atoms with Gasteiger partial charge in [0.2, 0.25) is 0 Å². The molecule has 5 nitrogen and oxygen atoms in total. The van der Waals surface area contributed by atoms with Gasteiger partial charge in [0.05, 0.1) is 5.02 Å². The molecule has 0 fully saturated rings. The molecule has 6 N–H and O–H groups in total. The van der Waals surface area contributed by atoms with Crippen molar-refractivity contribution in [1.29, 1.82) is 0 Å². The number of nitrogens with zero attached hydrogens (tertiary/aromatic N) is 1. The average molecular weight is 201 g/mol. The van der Waals surface area contributed by atoms with Crippen molar-refractivity contribution in [2.75, 3.05) is 0 Å². The number of nitrogens with two attached hydrogens (primary N) is 2. The Morgan fingerprint density at radius 2 is 2.23 bits per heavy atom. The topological polar surface area (TPSA) is 96.7 Å². The van der Waals surface area contributed by atoms with Gasteiger partial charge >= 0.3 is 0 Å². The number of nitrogens with one attached hydrogen (secondary N) is 1. The first-order valence-electron chi connectivity index (χ1n) is 3.42. The first-order chi connectivity index (χ1) is 6.19. The molecule has 6 heteroatoms. The second kappa shape index (κ2) is 3.97. The number of phenols is 1. The summed E-state index contributed by atoms with van der Waals surface area (Å²) in [6.45, 7) is 0. The monoisotopic (exact) mass is 200 g/mol. The molecule has 0 aliphatic carbocycles. The minimum Gasteiger partial charge on any atom is -0.506 e. The summed E-state index contributed by atoms with van der Waals surface area (Å²) in [5.74, 6) is 10.5. The fourth-order valence-corrected chi connectivity index (χ4v) is 1.03. The lowest BCUT2D eigenvalue weighted by Gasteiger charge is -2.04. The number of halogens is 1. The van der Waals surface area contributed by atoms with Crippen LogP contribution in [0.15, 0.2) is 23.3 Å². The van der Waals surface area contributed by atoms with Gasteiger partial charge in [-0.3, -0.25) is 0 Å². The van der Waals surface area contributed by atoms with Crippen LogP contribution in [0.1, 0.15) is 5.56 Å². The predicted octanol–water partition coefficient (Wildman–Crippen LogP) is 0.129. The van der Waals surface area contributed by atoms with Crippen molar-refractivity contribution < 1.29 is 5.11 Å². The fourth-order valence-electron chi connectivity index (χ4n) is 0.849. The minimum absolute atomic E-state index is 0.00110. The van der Waals surface area contributed by atoms with Crippen LogP contribution in [0.3, 0.4) is 0 Å². The molecule has 0 aliphatic rings. The molecule has 1 rings (SSSR count). The van der Waals surface area contributed by atoms with Crippen molar-refractivity contribution in [2.45, 2.75) is 0 Å². The second-order valence-electron chi connectivity index (χ2n) is 2.29. The zero-order valence-corrected chi connectivity index (χ0v) is 7.42. The van der Waals surface area contributed by atoms with E-state index in [0.717, 1.165) is 0 Å². The van der Waals surface area contributed by atoms with Crippen LogP contribution in [0.25, 0.3) is 0 Å². The van der Waals surface area contributed by atoms with Gasteiger partial charge in [-0.2, -0.15) is 5.10 Å². The molecular formula is C7H9ClN4O. The third-order valence-corrected chi connectivity index (χ3v) is 1.79. The summed E-state index contributed by atoms with van der Waals surface area (Å²) in [7, 11) is 0. The number of amidine groups is 1. The van der Waals surface area contributed by atoms with Gasteiger partial charge in [-0.1, -0.05) is 11.6 Å². The lowest BCUT2D eigenvalue weighted by atomic mass is 10.2. The molecule has 0 bridgehead atoms. The highest BCUT2D eigenvalue weighted by Gasteiger charge is 2.04. The van der Waals surface area contributed by atoms with Crippen molar-refractivity contribution >= 4 is 17.4 Å². The molecule has 1 aromatic rings. The maximum atomic E-state index is 9.12. The summed E-state index contributed by atoms with van der Waals surface area (Å²) < 4.78 is 0. The van der Waals surface area contributed by atoms with Gasteiger partial charge in [-0.15, -0.1) is 0 Å². The third-order valence-electron chi connectivity index (χ3n) is 1.49. The first-order valence-corrected chi connectivity index (χ1v) is 3.80. The van der Waals surface area contributed by atoms with E-state index in [1.807, 2.05) is 0 Å². The number of hydrazine groups is 1. The molecule has 0 heterocycles. The van der Waals surface area contributed by atoms with Gasteiger partial charge < -0.3 is 16.4 Å². The van der Waals surface area contributed by atoms with Crippen molar-refractivity contribution in [1.82, 2.24) is 5.43 Å².